The van der Waals surface area contributed by atoms with Gasteiger partial charge in [-0.3, -0.25) is 18.2 Å². The summed E-state index contributed by atoms with van der Waals surface area (Å²) in [4.78, 5) is 31.5. The highest BCUT2D eigenvalue weighted by atomic mass is 32.5. The van der Waals surface area contributed by atoms with Gasteiger partial charge in [-0.15, -0.1) is 0 Å². The summed E-state index contributed by atoms with van der Waals surface area (Å²) in [6.07, 6.45) is -7.85. The molecule has 2 radical (unpaired) electrons. The van der Waals surface area contributed by atoms with Crippen LogP contribution in [0.4, 0.5) is 20.3 Å². The second-order valence-corrected chi connectivity index (χ2v) is 14.4. The van der Waals surface area contributed by atoms with E-state index in [9.17, 15) is 9.46 Å². The minimum atomic E-state index is -4.60. The molecule has 232 valence electrons. The summed E-state index contributed by atoms with van der Waals surface area (Å²) in [6, 6.07) is 1.53. The van der Waals surface area contributed by atoms with Crippen molar-refractivity contribution in [1.82, 2.24) is 34.1 Å². The Labute approximate surface area is 252 Å². The Bertz CT molecular complexity index is 1840. The van der Waals surface area contributed by atoms with Crippen LogP contribution in [0.3, 0.4) is 0 Å². The standard InChI is InChI=1S/C21H22BF2N9O8P2S/c22-42(34)36-3-9-11(23)16(21(38-9)33-6-30-13-8(25)1-2-27-18(13)33)41-43(35,44)37-4-10-15(40-42)12(24)20(39-10)32-7-31-14-17(26)28-5-29-19(14)32/h1-2,5-7,9-12,15-16,20-21H,3-4H2,(H2,25,27)(H,35,44)(H2,26,28,29)/t9-,10-,11-,12-,15-,16-,20-,21-,42?,43?/m1/s1. The van der Waals surface area contributed by atoms with Crippen molar-refractivity contribution in [2.45, 2.75) is 49.2 Å². The van der Waals surface area contributed by atoms with Crippen molar-refractivity contribution < 1.29 is 45.8 Å². The highest BCUT2D eigenvalue weighted by Crippen LogP contribution is 2.54. The number of imidazole rings is 2. The zero-order chi connectivity index (χ0) is 31.0. The number of rotatable bonds is 2. The molecule has 3 aliphatic heterocycles. The van der Waals surface area contributed by atoms with Crippen molar-refractivity contribution in [3.05, 3.63) is 31.2 Å². The van der Waals surface area contributed by atoms with Crippen LogP contribution in [0.2, 0.25) is 0 Å². The van der Waals surface area contributed by atoms with Gasteiger partial charge in [0.05, 0.1) is 31.6 Å². The predicted molar refractivity (Wildman–Crippen MR) is 151 cm³/mol. The molecule has 4 aromatic heterocycles. The molecule has 7 rings (SSSR count). The summed E-state index contributed by atoms with van der Waals surface area (Å²) in [5.41, 5.74) is 13.0. The second-order valence-electron chi connectivity index (χ2n) is 10.1. The SMILES string of the molecule is [B]P1(=O)OC[C@H]2O[C@@H](n3cnc4c(N)ccnc43)[C@H](OP(O)(=S)OC[C@H]3O[C@@H](n4cnc5c(N)ncnc54)[C@H](F)[C@@H]3O1)[C@@H]2F. The van der Waals surface area contributed by atoms with Gasteiger partial charge in [0.2, 0.25) is 7.57 Å². The van der Waals surface area contributed by atoms with Crippen LogP contribution in [-0.4, -0.2) is 96.5 Å². The molecule has 0 amide bonds. The molecule has 23 heteroatoms. The first-order valence-electron chi connectivity index (χ1n) is 12.9. The smallest absolute Gasteiger partial charge is 0.325 e. The molecule has 10 atom stereocenters. The van der Waals surface area contributed by atoms with Gasteiger partial charge >= 0.3 is 6.72 Å². The van der Waals surface area contributed by atoms with E-state index in [0.717, 1.165) is 6.33 Å². The molecular weight excluding hydrogens is 649 g/mol. The molecule has 2 unspecified atom stereocenters. The van der Waals surface area contributed by atoms with E-state index in [0.29, 0.717) is 11.2 Å². The van der Waals surface area contributed by atoms with E-state index in [1.54, 1.807) is 0 Å². The van der Waals surface area contributed by atoms with Crippen LogP contribution in [0, 0.1) is 0 Å². The maximum absolute atomic E-state index is 16.0. The third-order valence-electron chi connectivity index (χ3n) is 7.30. The fourth-order valence-corrected chi connectivity index (χ4v) is 7.68. The first-order chi connectivity index (χ1) is 20.9. The molecule has 4 aromatic rings. The summed E-state index contributed by atoms with van der Waals surface area (Å²) in [7, 11) is 1.22. The van der Waals surface area contributed by atoms with Gasteiger partial charge in [0.25, 0.3) is 7.47 Å². The molecule has 44 heavy (non-hydrogen) atoms. The van der Waals surface area contributed by atoms with Gasteiger partial charge in [-0.05, 0) is 17.9 Å². The van der Waals surface area contributed by atoms with Crippen LogP contribution in [0.15, 0.2) is 31.2 Å². The van der Waals surface area contributed by atoms with Crippen molar-refractivity contribution in [3.8, 4) is 0 Å². The number of halogens is 2. The normalized spacial score (nSPS) is 38.2. The van der Waals surface area contributed by atoms with E-state index in [2.05, 4.69) is 24.9 Å². The number of nitrogens with two attached hydrogens (primary N) is 2. The minimum absolute atomic E-state index is 0.0477. The Kier molecular flexibility index (Phi) is 7.48. The largest absolute Gasteiger partial charge is 0.397 e. The number of hydrogen-bond acceptors (Lipinski definition) is 15. The van der Waals surface area contributed by atoms with E-state index in [1.807, 2.05) is 0 Å². The van der Waals surface area contributed by atoms with E-state index in [1.165, 1.54) is 34.1 Å². The minimum Gasteiger partial charge on any atom is -0.397 e. The average Bonchev–Trinajstić information content (AvgIpc) is 3.73. The Morgan fingerprint density at radius 3 is 2.39 bits per heavy atom. The second kappa shape index (κ2) is 11.0. The Morgan fingerprint density at radius 1 is 0.909 bits per heavy atom. The lowest BCUT2D eigenvalue weighted by Gasteiger charge is -2.27. The third-order valence-corrected chi connectivity index (χ3v) is 9.91. The van der Waals surface area contributed by atoms with E-state index in [-0.39, 0.29) is 22.6 Å². The van der Waals surface area contributed by atoms with Crippen molar-refractivity contribution in [2.24, 2.45) is 0 Å². The lowest BCUT2D eigenvalue weighted by Crippen LogP contribution is -2.34. The van der Waals surface area contributed by atoms with Gasteiger partial charge < -0.3 is 39.4 Å². The van der Waals surface area contributed by atoms with Gasteiger partial charge in [0.15, 0.2) is 41.9 Å². The third kappa shape index (κ3) is 5.20. The maximum atomic E-state index is 16.0. The molecule has 0 spiro atoms. The van der Waals surface area contributed by atoms with E-state index in [4.69, 9.17) is 58.4 Å². The fourth-order valence-electron chi connectivity index (χ4n) is 5.27. The highest BCUT2D eigenvalue weighted by molar-refractivity contribution is 8.07. The number of nitrogens with zero attached hydrogens (tertiary/aromatic N) is 7. The van der Waals surface area contributed by atoms with Crippen molar-refractivity contribution >= 4 is 67.4 Å². The lowest BCUT2D eigenvalue weighted by atomic mass is 10.1. The molecule has 2 bridgehead atoms. The zero-order valence-electron chi connectivity index (χ0n) is 22.1. The van der Waals surface area contributed by atoms with Crippen LogP contribution < -0.4 is 11.5 Å². The molecular formula is C21H22BF2N9O8P2S. The van der Waals surface area contributed by atoms with Gasteiger partial charge in [-0.2, -0.15) is 0 Å². The summed E-state index contributed by atoms with van der Waals surface area (Å²) < 4.78 is 81.0. The Hall–Kier alpha value is -2.71. The summed E-state index contributed by atoms with van der Waals surface area (Å²) >= 11 is 5.19. The van der Waals surface area contributed by atoms with Crippen molar-refractivity contribution in [2.75, 3.05) is 24.7 Å². The first kappa shape index (κ1) is 30.0. The number of anilines is 2. The number of alkyl halides is 2. The molecule has 0 aliphatic carbocycles. The Morgan fingerprint density at radius 2 is 1.59 bits per heavy atom. The first-order valence-corrected chi connectivity index (χ1v) is 17.1. The van der Waals surface area contributed by atoms with Gasteiger partial charge in [-0.25, -0.2) is 33.7 Å². The molecule has 3 aliphatic rings. The van der Waals surface area contributed by atoms with Gasteiger partial charge in [0.1, 0.15) is 41.8 Å². The predicted octanol–water partition coefficient (Wildman–Crippen LogP) is 1.22. The number of ether oxygens (including phenoxy) is 2. The number of nitrogen functional groups attached to an aromatic ring is 2. The van der Waals surface area contributed by atoms with Crippen LogP contribution in [-0.2, 0) is 43.9 Å². The Balaban J connectivity index is 1.20. The average molecular weight is 671 g/mol. The molecule has 5 N–H and O–H groups in total. The van der Waals surface area contributed by atoms with E-state index < -0.39 is 76.6 Å². The molecule has 3 fully saturated rings. The monoisotopic (exact) mass is 671 g/mol. The number of aromatic nitrogens is 7. The van der Waals surface area contributed by atoms with Gasteiger partial charge in [0, 0.05) is 6.20 Å². The molecule has 0 saturated carbocycles. The molecule has 0 aromatic carbocycles. The van der Waals surface area contributed by atoms with E-state index >= 15 is 8.78 Å². The summed E-state index contributed by atoms with van der Waals surface area (Å²) in [6.45, 7) is -5.66. The van der Waals surface area contributed by atoms with Crippen LogP contribution in [0.1, 0.15) is 12.5 Å². The maximum Gasteiger partial charge on any atom is 0.325 e. The number of pyridine rings is 1. The summed E-state index contributed by atoms with van der Waals surface area (Å²) in [5.74, 6) is 0.0477. The molecule has 17 nitrogen and oxygen atoms in total. The van der Waals surface area contributed by atoms with Crippen molar-refractivity contribution in [3.63, 3.8) is 0 Å². The number of hydrogen-bond donors (Lipinski definition) is 3. The number of fused-ring (bicyclic) bond motifs is 5. The van der Waals surface area contributed by atoms with Gasteiger partial charge in [-0.1, -0.05) is 0 Å². The molecule has 7 heterocycles. The van der Waals surface area contributed by atoms with Crippen LogP contribution in [0.5, 0.6) is 0 Å². The highest BCUT2D eigenvalue weighted by Gasteiger charge is 2.53. The van der Waals surface area contributed by atoms with Crippen molar-refractivity contribution in [1.29, 1.82) is 0 Å². The summed E-state index contributed by atoms with van der Waals surface area (Å²) in [5, 5.41) is 0. The van der Waals surface area contributed by atoms with Crippen LogP contribution >= 0.6 is 14.2 Å². The lowest BCUT2D eigenvalue weighted by molar-refractivity contribution is -0.0586. The fraction of sp³-hybridized carbons (Fsp3) is 0.476. The molecule has 3 saturated heterocycles. The topological polar surface area (TPSA) is 219 Å². The quantitative estimate of drug-likeness (QED) is 0.201. The zero-order valence-corrected chi connectivity index (χ0v) is 24.8. The van der Waals surface area contributed by atoms with Crippen LogP contribution in [0.25, 0.3) is 22.3 Å².